The Kier molecular flexibility index (Phi) is 6.36. The van der Waals surface area contributed by atoms with Crippen LogP contribution in [0.4, 0.5) is 0 Å². The lowest BCUT2D eigenvalue weighted by atomic mass is 10.1. The fourth-order valence-electron chi connectivity index (χ4n) is 2.43. The number of amides is 1. The van der Waals surface area contributed by atoms with Crippen LogP contribution in [0.25, 0.3) is 0 Å². The van der Waals surface area contributed by atoms with Gasteiger partial charge >= 0.3 is 5.97 Å². The molecule has 2 rings (SSSR count). The minimum Gasteiger partial charge on any atom is -0.466 e. The van der Waals surface area contributed by atoms with E-state index >= 15 is 0 Å². The summed E-state index contributed by atoms with van der Waals surface area (Å²) in [5.74, 6) is -0.705. The summed E-state index contributed by atoms with van der Waals surface area (Å²) in [6.07, 6.45) is 2.80. The predicted octanol–water partition coefficient (Wildman–Crippen LogP) is 2.66. The van der Waals surface area contributed by atoms with Gasteiger partial charge in [0, 0.05) is 23.3 Å². The van der Waals surface area contributed by atoms with Crippen molar-refractivity contribution in [2.45, 2.75) is 20.4 Å². The van der Waals surface area contributed by atoms with Gasteiger partial charge in [-0.2, -0.15) is 5.10 Å². The third-order valence-electron chi connectivity index (χ3n) is 3.72. The van der Waals surface area contributed by atoms with Gasteiger partial charge in [0.25, 0.3) is 5.91 Å². The number of methoxy groups -OCH3 is 1. The normalized spacial score (nSPS) is 10.9. The summed E-state index contributed by atoms with van der Waals surface area (Å²) >= 11 is 6.19. The first-order valence-electron chi connectivity index (χ1n) is 7.74. The molecule has 0 aliphatic carbocycles. The number of nitrogens with one attached hydrogen (secondary N) is 1. The second kappa shape index (κ2) is 8.48. The molecule has 25 heavy (non-hydrogen) atoms. The lowest BCUT2D eigenvalue weighted by molar-refractivity contribution is -0.134. The predicted molar refractivity (Wildman–Crippen MR) is 95.7 cm³/mol. The Morgan fingerprint density at radius 2 is 2.04 bits per heavy atom. The summed E-state index contributed by atoms with van der Waals surface area (Å²) in [6.45, 7) is 4.34. The highest BCUT2D eigenvalue weighted by Gasteiger charge is 2.18. The van der Waals surface area contributed by atoms with Crippen molar-refractivity contribution < 1.29 is 14.3 Å². The first-order valence-corrected chi connectivity index (χ1v) is 8.12. The van der Waals surface area contributed by atoms with Crippen LogP contribution in [-0.2, 0) is 16.1 Å². The minimum atomic E-state index is -0.464. The fourth-order valence-corrected chi connectivity index (χ4v) is 2.63. The molecule has 0 fully saturated rings. The molecule has 2 aromatic rings. The Morgan fingerprint density at radius 3 is 2.72 bits per heavy atom. The van der Waals surface area contributed by atoms with E-state index in [0.717, 1.165) is 11.3 Å². The molecule has 0 unspecified atom stereocenters. The van der Waals surface area contributed by atoms with Gasteiger partial charge in [-0.05, 0) is 25.5 Å². The zero-order valence-corrected chi connectivity index (χ0v) is 15.1. The first-order chi connectivity index (χ1) is 11.9. The number of halogens is 1. The summed E-state index contributed by atoms with van der Waals surface area (Å²) < 4.78 is 6.25. The number of esters is 1. The second-order valence-corrected chi connectivity index (χ2v) is 5.84. The Labute approximate surface area is 151 Å². The lowest BCUT2D eigenvalue weighted by Crippen LogP contribution is -2.24. The van der Waals surface area contributed by atoms with Crippen molar-refractivity contribution in [3.63, 3.8) is 0 Å². The number of aryl methyl sites for hydroxylation is 1. The summed E-state index contributed by atoms with van der Waals surface area (Å²) in [6, 6.07) is 7.53. The van der Waals surface area contributed by atoms with Gasteiger partial charge in [0.1, 0.15) is 0 Å². The molecule has 1 heterocycles. The lowest BCUT2D eigenvalue weighted by Gasteiger charge is -2.07. The van der Waals surface area contributed by atoms with Gasteiger partial charge in [-0.15, -0.1) is 0 Å². The number of hydrogen-bond acceptors (Lipinski definition) is 4. The van der Waals surface area contributed by atoms with Crippen LogP contribution in [0.1, 0.15) is 27.3 Å². The van der Waals surface area contributed by atoms with E-state index in [-0.39, 0.29) is 12.5 Å². The van der Waals surface area contributed by atoms with Crippen LogP contribution in [0.3, 0.4) is 0 Å². The fraction of sp³-hybridized carbons (Fsp3) is 0.278. The first kappa shape index (κ1) is 18.7. The van der Waals surface area contributed by atoms with E-state index < -0.39 is 5.97 Å². The van der Waals surface area contributed by atoms with Crippen LogP contribution in [-0.4, -0.2) is 35.3 Å². The molecule has 0 radical (unpaired) electrons. The maximum atomic E-state index is 12.4. The molecular formula is C18H20ClN3O3. The maximum absolute atomic E-state index is 12.4. The second-order valence-electron chi connectivity index (χ2n) is 5.43. The zero-order valence-electron chi connectivity index (χ0n) is 14.4. The molecular weight excluding hydrogens is 342 g/mol. The number of hydrogen-bond donors (Lipinski definition) is 1. The highest BCUT2D eigenvalue weighted by molar-refractivity contribution is 6.31. The van der Waals surface area contributed by atoms with E-state index in [9.17, 15) is 9.59 Å². The van der Waals surface area contributed by atoms with Crippen molar-refractivity contribution in [3.8, 4) is 0 Å². The average molecular weight is 362 g/mol. The van der Waals surface area contributed by atoms with E-state index in [1.54, 1.807) is 11.6 Å². The van der Waals surface area contributed by atoms with Crippen molar-refractivity contribution in [2.75, 3.05) is 13.7 Å². The third-order valence-corrected chi connectivity index (χ3v) is 4.09. The Hall–Kier alpha value is -2.60. The summed E-state index contributed by atoms with van der Waals surface area (Å²) in [4.78, 5) is 23.4. The molecule has 1 amide bonds. The van der Waals surface area contributed by atoms with Crippen LogP contribution in [0, 0.1) is 13.8 Å². The monoisotopic (exact) mass is 361 g/mol. The van der Waals surface area contributed by atoms with E-state index in [0.29, 0.717) is 22.8 Å². The number of carbonyl (C=O) groups excluding carboxylic acids is 2. The molecule has 0 aliphatic heterocycles. The van der Waals surface area contributed by atoms with Crippen LogP contribution in [0.15, 0.2) is 36.4 Å². The Morgan fingerprint density at radius 1 is 1.32 bits per heavy atom. The molecule has 0 saturated heterocycles. The van der Waals surface area contributed by atoms with Crippen LogP contribution in [0.5, 0.6) is 0 Å². The van der Waals surface area contributed by atoms with Gasteiger partial charge in [0.15, 0.2) is 0 Å². The number of aromatic nitrogens is 2. The molecule has 1 aromatic heterocycles. The zero-order chi connectivity index (χ0) is 18.4. The van der Waals surface area contributed by atoms with E-state index in [2.05, 4.69) is 15.2 Å². The minimum absolute atomic E-state index is 0.225. The van der Waals surface area contributed by atoms with Crippen molar-refractivity contribution in [1.29, 1.82) is 0 Å². The van der Waals surface area contributed by atoms with Crippen molar-refractivity contribution in [3.05, 3.63) is 64.0 Å². The largest absolute Gasteiger partial charge is 0.466 e. The molecule has 6 nitrogen and oxygen atoms in total. The van der Waals surface area contributed by atoms with Gasteiger partial charge < -0.3 is 10.1 Å². The van der Waals surface area contributed by atoms with Crippen LogP contribution in [0.2, 0.25) is 5.02 Å². The van der Waals surface area contributed by atoms with E-state index in [4.69, 9.17) is 11.6 Å². The molecule has 1 N–H and O–H groups in total. The topological polar surface area (TPSA) is 73.2 Å². The average Bonchev–Trinajstić information content (AvgIpc) is 2.87. The van der Waals surface area contributed by atoms with Crippen molar-refractivity contribution in [1.82, 2.24) is 15.1 Å². The molecule has 132 valence electrons. The van der Waals surface area contributed by atoms with Gasteiger partial charge in [-0.25, -0.2) is 4.79 Å². The highest BCUT2D eigenvalue weighted by atomic mass is 35.5. The van der Waals surface area contributed by atoms with E-state index in [1.165, 1.54) is 19.3 Å². The smallest absolute Gasteiger partial charge is 0.330 e. The molecule has 1 aromatic carbocycles. The number of carbonyl (C=O) groups is 2. The number of nitrogens with zero attached hydrogens (tertiary/aromatic N) is 2. The van der Waals surface area contributed by atoms with Crippen molar-refractivity contribution in [2.24, 2.45) is 0 Å². The van der Waals surface area contributed by atoms with Crippen molar-refractivity contribution >= 4 is 23.5 Å². The van der Waals surface area contributed by atoms with Crippen LogP contribution < -0.4 is 5.32 Å². The molecule has 0 atom stereocenters. The SMILES string of the molecule is COC(=O)/C=C/CNC(=O)c1c(C)nn(Cc2ccccc2Cl)c1C. The quantitative estimate of drug-likeness (QED) is 0.634. The van der Waals surface area contributed by atoms with Gasteiger partial charge in [-0.1, -0.05) is 35.9 Å². The maximum Gasteiger partial charge on any atom is 0.330 e. The summed E-state index contributed by atoms with van der Waals surface area (Å²) in [7, 11) is 1.30. The Balaban J connectivity index is 2.11. The van der Waals surface area contributed by atoms with Crippen LogP contribution >= 0.6 is 11.6 Å². The third kappa shape index (κ3) is 4.70. The molecule has 0 spiro atoms. The summed E-state index contributed by atoms with van der Waals surface area (Å²) in [5.41, 5.74) is 2.85. The number of benzene rings is 1. The molecule has 0 aliphatic rings. The summed E-state index contributed by atoms with van der Waals surface area (Å²) in [5, 5.41) is 7.84. The Bertz CT molecular complexity index is 812. The highest BCUT2D eigenvalue weighted by Crippen LogP contribution is 2.19. The number of ether oxygens (including phenoxy) is 1. The molecule has 0 saturated carbocycles. The molecule has 0 bridgehead atoms. The number of rotatable bonds is 6. The van der Waals surface area contributed by atoms with Gasteiger partial charge in [0.2, 0.25) is 0 Å². The van der Waals surface area contributed by atoms with Gasteiger partial charge in [0.05, 0.1) is 24.9 Å². The standard InChI is InChI=1S/C18H20ClN3O3/c1-12-17(18(24)20-10-6-9-16(23)25-3)13(2)22(21-12)11-14-7-4-5-8-15(14)19/h4-9H,10-11H2,1-3H3,(H,20,24)/b9-6+. The van der Waals surface area contributed by atoms with E-state index in [1.807, 2.05) is 31.2 Å². The van der Waals surface area contributed by atoms with Gasteiger partial charge in [-0.3, -0.25) is 9.48 Å². The molecule has 7 heteroatoms.